The van der Waals surface area contributed by atoms with E-state index < -0.39 is 23.1 Å². The Kier molecular flexibility index (Phi) is 5.72. The molecular formula is C24H17F2N5O2S. The van der Waals surface area contributed by atoms with Crippen LogP contribution in [0.2, 0.25) is 0 Å². The lowest BCUT2D eigenvalue weighted by Crippen LogP contribution is -2.32. The van der Waals surface area contributed by atoms with E-state index in [0.717, 1.165) is 33.0 Å². The third-order valence-electron chi connectivity index (χ3n) is 5.26. The van der Waals surface area contributed by atoms with Crippen LogP contribution in [0.3, 0.4) is 0 Å². The van der Waals surface area contributed by atoms with Gasteiger partial charge in [0, 0.05) is 22.7 Å². The quantitative estimate of drug-likeness (QED) is 0.385. The third kappa shape index (κ3) is 4.23. The molecule has 0 saturated heterocycles. The monoisotopic (exact) mass is 477 g/mol. The topological polar surface area (TPSA) is 92.7 Å². The molecule has 2 N–H and O–H groups in total. The summed E-state index contributed by atoms with van der Waals surface area (Å²) in [5.74, 6) is -2.47. The summed E-state index contributed by atoms with van der Waals surface area (Å²) in [7, 11) is 0. The van der Waals surface area contributed by atoms with Gasteiger partial charge in [-0.1, -0.05) is 6.07 Å². The second-order valence-corrected chi connectivity index (χ2v) is 8.69. The Morgan fingerprint density at radius 3 is 2.82 bits per heavy atom. The fourth-order valence-corrected chi connectivity index (χ4v) is 4.53. The van der Waals surface area contributed by atoms with E-state index in [1.807, 2.05) is 24.3 Å². The number of hydrogen-bond acceptors (Lipinski definition) is 5. The molecule has 10 heteroatoms. The van der Waals surface area contributed by atoms with E-state index in [0.29, 0.717) is 11.2 Å². The van der Waals surface area contributed by atoms with E-state index in [1.54, 1.807) is 12.3 Å². The van der Waals surface area contributed by atoms with Gasteiger partial charge in [0.2, 0.25) is 0 Å². The van der Waals surface area contributed by atoms with Gasteiger partial charge in [-0.3, -0.25) is 14.7 Å². The Balaban J connectivity index is 1.29. The van der Waals surface area contributed by atoms with Gasteiger partial charge in [-0.05, 0) is 54.1 Å². The van der Waals surface area contributed by atoms with Crippen molar-refractivity contribution in [2.75, 3.05) is 0 Å². The van der Waals surface area contributed by atoms with Crippen molar-refractivity contribution < 1.29 is 13.6 Å². The molecule has 0 radical (unpaired) electrons. The van der Waals surface area contributed by atoms with Crippen molar-refractivity contribution in [3.05, 3.63) is 105 Å². The van der Waals surface area contributed by atoms with E-state index in [2.05, 4.69) is 20.5 Å². The molecule has 5 aromatic rings. The molecule has 4 aromatic heterocycles. The number of aromatic amines is 1. The summed E-state index contributed by atoms with van der Waals surface area (Å²) >= 11 is 1.49. The molecule has 0 aliphatic rings. The van der Waals surface area contributed by atoms with Gasteiger partial charge >= 0.3 is 0 Å². The molecule has 0 aliphatic heterocycles. The first kappa shape index (κ1) is 21.7. The number of nitrogens with one attached hydrogen (secondary N) is 2. The molecule has 34 heavy (non-hydrogen) atoms. The Hall–Kier alpha value is -4.18. The molecule has 1 aromatic carbocycles. The highest BCUT2D eigenvalue weighted by Gasteiger charge is 2.15. The van der Waals surface area contributed by atoms with Crippen LogP contribution < -0.4 is 10.9 Å². The van der Waals surface area contributed by atoms with E-state index in [9.17, 15) is 18.4 Å². The van der Waals surface area contributed by atoms with Gasteiger partial charge in [0.15, 0.2) is 17.3 Å². The van der Waals surface area contributed by atoms with Crippen LogP contribution in [-0.2, 0) is 13.1 Å². The lowest BCUT2D eigenvalue weighted by atomic mass is 10.2. The molecule has 7 nitrogen and oxygen atoms in total. The maximum absolute atomic E-state index is 13.5. The normalized spacial score (nSPS) is 11.1. The Bertz CT molecular complexity index is 1570. The van der Waals surface area contributed by atoms with Crippen LogP contribution in [0.15, 0.2) is 71.8 Å². The Morgan fingerprint density at radius 2 is 1.97 bits per heavy atom. The number of thiophene rings is 1. The number of pyridine rings is 2. The van der Waals surface area contributed by atoms with Crippen LogP contribution >= 0.6 is 11.3 Å². The highest BCUT2D eigenvalue weighted by atomic mass is 32.1. The SMILES string of the molecule is O=C(NCc1ccc(-c2[nH]nc3ncccc23)s1)c1cccn(Cc2ccc(F)c(F)c2)c1=O. The van der Waals surface area contributed by atoms with Gasteiger partial charge in [-0.25, -0.2) is 13.8 Å². The zero-order valence-electron chi connectivity index (χ0n) is 17.6. The van der Waals surface area contributed by atoms with Gasteiger partial charge in [-0.2, -0.15) is 5.10 Å². The van der Waals surface area contributed by atoms with Crippen molar-refractivity contribution in [1.29, 1.82) is 0 Å². The van der Waals surface area contributed by atoms with E-state index in [1.165, 1.54) is 34.2 Å². The highest BCUT2D eigenvalue weighted by Crippen LogP contribution is 2.31. The lowest BCUT2D eigenvalue weighted by molar-refractivity contribution is 0.0949. The number of carbonyl (C=O) groups excluding carboxylic acids is 1. The lowest BCUT2D eigenvalue weighted by Gasteiger charge is -2.09. The van der Waals surface area contributed by atoms with Crippen molar-refractivity contribution in [3.63, 3.8) is 0 Å². The van der Waals surface area contributed by atoms with Gasteiger partial charge < -0.3 is 9.88 Å². The van der Waals surface area contributed by atoms with Gasteiger partial charge in [0.25, 0.3) is 11.5 Å². The number of halogens is 2. The van der Waals surface area contributed by atoms with Crippen molar-refractivity contribution in [3.8, 4) is 10.6 Å². The molecule has 0 unspecified atom stereocenters. The van der Waals surface area contributed by atoms with Crippen molar-refractivity contribution >= 4 is 28.3 Å². The predicted octanol–water partition coefficient (Wildman–Crippen LogP) is 4.10. The first-order chi connectivity index (χ1) is 16.5. The first-order valence-electron chi connectivity index (χ1n) is 10.3. The van der Waals surface area contributed by atoms with Crippen LogP contribution in [0.1, 0.15) is 20.8 Å². The molecule has 5 rings (SSSR count). The molecule has 4 heterocycles. The number of hydrogen-bond donors (Lipinski definition) is 2. The van der Waals surface area contributed by atoms with Gasteiger partial charge in [0.05, 0.1) is 23.7 Å². The maximum atomic E-state index is 13.5. The highest BCUT2D eigenvalue weighted by molar-refractivity contribution is 7.15. The van der Waals surface area contributed by atoms with Crippen LogP contribution in [0.5, 0.6) is 0 Å². The summed E-state index contributed by atoms with van der Waals surface area (Å²) in [5, 5.41) is 10.9. The molecule has 0 saturated carbocycles. The maximum Gasteiger partial charge on any atom is 0.263 e. The average Bonchev–Trinajstić information content (AvgIpc) is 3.48. The number of aromatic nitrogens is 4. The molecule has 1 amide bonds. The summed E-state index contributed by atoms with van der Waals surface area (Å²) in [6.07, 6.45) is 3.17. The second-order valence-electron chi connectivity index (χ2n) is 7.53. The number of fused-ring (bicyclic) bond motifs is 1. The first-order valence-corrected chi connectivity index (χ1v) is 11.1. The van der Waals surface area contributed by atoms with Crippen LogP contribution in [0.25, 0.3) is 21.6 Å². The van der Waals surface area contributed by atoms with E-state index in [-0.39, 0.29) is 18.7 Å². The van der Waals surface area contributed by atoms with Crippen molar-refractivity contribution in [2.24, 2.45) is 0 Å². The standard InChI is InChI=1S/C24H17F2N5O2S/c25-18-7-5-14(11-19(18)26)13-31-10-2-4-17(24(31)33)23(32)28-12-15-6-8-20(34-15)21-16-3-1-9-27-22(16)30-29-21/h1-11H,12-13H2,(H,28,32)(H,27,29,30). The summed E-state index contributed by atoms with van der Waals surface area (Å²) in [5.41, 5.74) is 1.34. The molecule has 0 atom stereocenters. The number of nitrogens with zero attached hydrogens (tertiary/aromatic N) is 3. The molecular weight excluding hydrogens is 460 g/mol. The van der Waals surface area contributed by atoms with Crippen molar-refractivity contribution in [1.82, 2.24) is 25.1 Å². The van der Waals surface area contributed by atoms with E-state index >= 15 is 0 Å². The van der Waals surface area contributed by atoms with E-state index in [4.69, 9.17) is 0 Å². The zero-order valence-corrected chi connectivity index (χ0v) is 18.4. The summed E-state index contributed by atoms with van der Waals surface area (Å²) in [6.45, 7) is 0.254. The minimum absolute atomic E-state index is 0.0123. The van der Waals surface area contributed by atoms with Crippen molar-refractivity contribution in [2.45, 2.75) is 13.1 Å². The van der Waals surface area contributed by atoms with Crippen LogP contribution in [0, 0.1) is 11.6 Å². The Labute approximate surface area is 195 Å². The molecule has 170 valence electrons. The molecule has 0 fully saturated rings. The second kappa shape index (κ2) is 8.99. The number of H-pyrrole nitrogens is 1. The number of benzene rings is 1. The smallest absolute Gasteiger partial charge is 0.263 e. The third-order valence-corrected chi connectivity index (χ3v) is 6.37. The van der Waals surface area contributed by atoms with Gasteiger partial charge in [-0.15, -0.1) is 11.3 Å². The summed E-state index contributed by atoms with van der Waals surface area (Å²) in [4.78, 5) is 31.5. The minimum Gasteiger partial charge on any atom is -0.347 e. The largest absolute Gasteiger partial charge is 0.347 e. The molecule has 0 bridgehead atoms. The average molecular weight is 477 g/mol. The molecule has 0 spiro atoms. The summed E-state index contributed by atoms with van der Waals surface area (Å²) < 4.78 is 27.9. The number of rotatable bonds is 6. The predicted molar refractivity (Wildman–Crippen MR) is 125 cm³/mol. The zero-order chi connectivity index (χ0) is 23.7. The van der Waals surface area contributed by atoms with Gasteiger partial charge in [0.1, 0.15) is 5.56 Å². The van der Waals surface area contributed by atoms with Crippen LogP contribution in [0.4, 0.5) is 8.78 Å². The fourth-order valence-electron chi connectivity index (χ4n) is 3.58. The number of carbonyl (C=O) groups is 1. The number of amides is 1. The van der Waals surface area contributed by atoms with Crippen LogP contribution in [-0.4, -0.2) is 25.7 Å². The molecule has 0 aliphatic carbocycles. The summed E-state index contributed by atoms with van der Waals surface area (Å²) in [6, 6.07) is 14.0. The minimum atomic E-state index is -0.992. The fraction of sp³-hybridized carbons (Fsp3) is 0.0833. The Morgan fingerprint density at radius 1 is 1.09 bits per heavy atom.